The van der Waals surface area contributed by atoms with Crippen molar-refractivity contribution in [2.24, 2.45) is 7.05 Å². The molecule has 1 aliphatic heterocycles. The van der Waals surface area contributed by atoms with Crippen LogP contribution in [0.2, 0.25) is 0 Å². The zero-order valence-corrected chi connectivity index (χ0v) is 19.4. The third kappa shape index (κ3) is 5.04. The normalized spacial score (nSPS) is 15.1. The van der Waals surface area contributed by atoms with E-state index in [4.69, 9.17) is 4.98 Å². The molecule has 9 heteroatoms. The summed E-state index contributed by atoms with van der Waals surface area (Å²) in [6, 6.07) is 9.30. The van der Waals surface area contributed by atoms with Gasteiger partial charge >= 0.3 is 0 Å². The van der Waals surface area contributed by atoms with Crippen molar-refractivity contribution in [1.82, 2.24) is 29.6 Å². The van der Waals surface area contributed by atoms with Gasteiger partial charge in [0.15, 0.2) is 0 Å². The Morgan fingerprint density at radius 1 is 1.09 bits per heavy atom. The van der Waals surface area contributed by atoms with Gasteiger partial charge in [0.2, 0.25) is 0 Å². The highest BCUT2D eigenvalue weighted by Crippen LogP contribution is 2.29. The van der Waals surface area contributed by atoms with Crippen molar-refractivity contribution < 1.29 is 4.79 Å². The van der Waals surface area contributed by atoms with Crippen molar-refractivity contribution >= 4 is 34.4 Å². The van der Waals surface area contributed by atoms with E-state index in [0.29, 0.717) is 16.6 Å². The lowest BCUT2D eigenvalue weighted by Gasteiger charge is -2.28. The number of aromatic nitrogens is 5. The standard InChI is InChI=1S/C24H25N7OS/c1-30-9-6-19(7-10-30)33-23-11-16(5-8-25-23)24(32)29-22-12-21-17(13-26-22)3-4-20(28-21)18-14-27-31(2)15-18/h3-5,8,11-15,19H,6-7,9-10H2,1-2H3,(H,26,29,32). The molecule has 0 radical (unpaired) electrons. The Bertz CT molecular complexity index is 1300. The minimum atomic E-state index is -0.210. The van der Waals surface area contributed by atoms with E-state index in [9.17, 15) is 4.79 Å². The van der Waals surface area contributed by atoms with Gasteiger partial charge in [0.25, 0.3) is 5.91 Å². The molecular formula is C24H25N7OS. The maximum absolute atomic E-state index is 12.9. The molecule has 0 aromatic carbocycles. The Labute approximate surface area is 196 Å². The predicted octanol–water partition coefficient (Wildman–Crippen LogP) is 3.86. The van der Waals surface area contributed by atoms with Crippen molar-refractivity contribution in [1.29, 1.82) is 0 Å². The molecule has 8 nitrogen and oxygen atoms in total. The summed E-state index contributed by atoms with van der Waals surface area (Å²) < 4.78 is 1.74. The van der Waals surface area contributed by atoms with Crippen LogP contribution in [0.25, 0.3) is 22.2 Å². The van der Waals surface area contributed by atoms with Crippen LogP contribution in [0.1, 0.15) is 23.2 Å². The first-order valence-corrected chi connectivity index (χ1v) is 11.8. The molecule has 5 heterocycles. The van der Waals surface area contributed by atoms with Crippen LogP contribution in [0.3, 0.4) is 0 Å². The van der Waals surface area contributed by atoms with E-state index >= 15 is 0 Å². The number of nitrogens with zero attached hydrogens (tertiary/aromatic N) is 6. The number of amides is 1. The molecule has 0 aliphatic carbocycles. The summed E-state index contributed by atoms with van der Waals surface area (Å²) in [7, 11) is 4.03. The van der Waals surface area contributed by atoms with Crippen LogP contribution in [0, 0.1) is 0 Å². The Morgan fingerprint density at radius 2 is 1.94 bits per heavy atom. The molecule has 1 amide bonds. The van der Waals surface area contributed by atoms with Crippen molar-refractivity contribution in [3.8, 4) is 11.3 Å². The van der Waals surface area contributed by atoms with Gasteiger partial charge in [-0.2, -0.15) is 5.10 Å². The number of anilines is 1. The number of carbonyl (C=O) groups excluding carboxylic acids is 1. The summed E-state index contributed by atoms with van der Waals surface area (Å²) in [6.45, 7) is 2.20. The van der Waals surface area contributed by atoms with Gasteiger partial charge in [-0.15, -0.1) is 11.8 Å². The van der Waals surface area contributed by atoms with E-state index < -0.39 is 0 Å². The zero-order chi connectivity index (χ0) is 22.8. The monoisotopic (exact) mass is 459 g/mol. The molecule has 168 valence electrons. The SMILES string of the molecule is CN1CCC(Sc2cc(C(=O)Nc3cc4nc(-c5cnn(C)c5)ccc4cn3)ccn2)CC1. The first kappa shape index (κ1) is 21.5. The Kier molecular flexibility index (Phi) is 6.06. The average molecular weight is 460 g/mol. The van der Waals surface area contributed by atoms with Crippen LogP contribution >= 0.6 is 11.8 Å². The number of nitrogens with one attached hydrogen (secondary N) is 1. The molecule has 4 aromatic rings. The smallest absolute Gasteiger partial charge is 0.256 e. The fourth-order valence-corrected chi connectivity index (χ4v) is 4.98. The maximum atomic E-state index is 12.9. The van der Waals surface area contributed by atoms with Crippen LogP contribution in [-0.4, -0.2) is 60.9 Å². The van der Waals surface area contributed by atoms with Crippen molar-refractivity contribution in [3.05, 3.63) is 60.7 Å². The predicted molar refractivity (Wildman–Crippen MR) is 130 cm³/mol. The minimum Gasteiger partial charge on any atom is -0.306 e. The highest BCUT2D eigenvalue weighted by Gasteiger charge is 2.19. The molecule has 0 unspecified atom stereocenters. The molecule has 1 saturated heterocycles. The Hall–Kier alpha value is -3.30. The van der Waals surface area contributed by atoms with Crippen molar-refractivity contribution in [3.63, 3.8) is 0 Å². The topological polar surface area (TPSA) is 88.8 Å². The quantitative estimate of drug-likeness (QED) is 0.485. The molecule has 4 aromatic heterocycles. The summed E-state index contributed by atoms with van der Waals surface area (Å²) in [6.07, 6.45) is 9.38. The number of fused-ring (bicyclic) bond motifs is 1. The molecule has 0 saturated carbocycles. The van der Waals surface area contributed by atoms with Crippen LogP contribution in [0.5, 0.6) is 0 Å². The van der Waals surface area contributed by atoms with Crippen LogP contribution in [0.4, 0.5) is 5.82 Å². The second kappa shape index (κ2) is 9.29. The Balaban J connectivity index is 1.31. The molecule has 1 aliphatic rings. The molecule has 0 bridgehead atoms. The summed E-state index contributed by atoms with van der Waals surface area (Å²) in [5.74, 6) is 0.252. The minimum absolute atomic E-state index is 0.210. The first-order valence-electron chi connectivity index (χ1n) is 10.9. The number of likely N-dealkylation sites (tertiary alicyclic amines) is 1. The van der Waals surface area contributed by atoms with Crippen LogP contribution in [0.15, 0.2) is 60.1 Å². The molecule has 0 atom stereocenters. The Morgan fingerprint density at radius 3 is 2.73 bits per heavy atom. The van der Waals surface area contributed by atoms with E-state index in [-0.39, 0.29) is 5.91 Å². The molecule has 1 fully saturated rings. The van der Waals surface area contributed by atoms with Crippen LogP contribution < -0.4 is 5.32 Å². The highest BCUT2D eigenvalue weighted by molar-refractivity contribution is 7.99. The number of carbonyl (C=O) groups is 1. The largest absolute Gasteiger partial charge is 0.306 e. The first-order chi connectivity index (χ1) is 16.0. The van der Waals surface area contributed by atoms with Crippen molar-refractivity contribution in [2.75, 3.05) is 25.5 Å². The lowest BCUT2D eigenvalue weighted by molar-refractivity contribution is 0.102. The van der Waals surface area contributed by atoms with E-state index in [1.54, 1.807) is 47.2 Å². The number of pyridine rings is 3. The number of hydrogen-bond donors (Lipinski definition) is 1. The summed E-state index contributed by atoms with van der Waals surface area (Å²) in [5.41, 5.74) is 3.09. The van der Waals surface area contributed by atoms with Crippen LogP contribution in [-0.2, 0) is 7.05 Å². The number of rotatable bonds is 5. The highest BCUT2D eigenvalue weighted by atomic mass is 32.2. The van der Waals surface area contributed by atoms with Gasteiger partial charge in [0, 0.05) is 53.5 Å². The number of piperidine rings is 1. The van der Waals surface area contributed by atoms with E-state index in [0.717, 1.165) is 53.1 Å². The van der Waals surface area contributed by atoms with Gasteiger partial charge in [-0.3, -0.25) is 9.48 Å². The third-order valence-electron chi connectivity index (χ3n) is 5.77. The fraction of sp³-hybridized carbons (Fsp3) is 0.292. The van der Waals surface area contributed by atoms with Gasteiger partial charge in [0.1, 0.15) is 5.82 Å². The zero-order valence-electron chi connectivity index (χ0n) is 18.6. The summed E-state index contributed by atoms with van der Waals surface area (Å²) >= 11 is 1.76. The molecule has 1 N–H and O–H groups in total. The lowest BCUT2D eigenvalue weighted by atomic mass is 10.1. The number of hydrogen-bond acceptors (Lipinski definition) is 7. The van der Waals surface area contributed by atoms with E-state index in [1.165, 1.54) is 0 Å². The van der Waals surface area contributed by atoms with E-state index in [2.05, 4.69) is 32.3 Å². The molecule has 0 spiro atoms. The lowest BCUT2D eigenvalue weighted by Crippen LogP contribution is -2.31. The maximum Gasteiger partial charge on any atom is 0.256 e. The third-order valence-corrected chi connectivity index (χ3v) is 7.04. The van der Waals surface area contributed by atoms with E-state index in [1.807, 2.05) is 31.4 Å². The van der Waals surface area contributed by atoms with Gasteiger partial charge in [0.05, 0.1) is 22.4 Å². The number of thioether (sulfide) groups is 1. The number of aryl methyl sites for hydroxylation is 1. The van der Waals surface area contributed by atoms with Gasteiger partial charge < -0.3 is 10.2 Å². The fourth-order valence-electron chi connectivity index (χ4n) is 3.88. The summed E-state index contributed by atoms with van der Waals surface area (Å²) in [4.78, 5) is 28.8. The average Bonchev–Trinajstić information content (AvgIpc) is 3.26. The van der Waals surface area contributed by atoms with Gasteiger partial charge in [-0.05, 0) is 57.2 Å². The second-order valence-electron chi connectivity index (χ2n) is 8.32. The van der Waals surface area contributed by atoms with Gasteiger partial charge in [-0.25, -0.2) is 15.0 Å². The van der Waals surface area contributed by atoms with Crippen molar-refractivity contribution in [2.45, 2.75) is 23.1 Å². The van der Waals surface area contributed by atoms with Gasteiger partial charge in [-0.1, -0.05) is 0 Å². The molecule has 5 rings (SSSR count). The molecule has 33 heavy (non-hydrogen) atoms. The summed E-state index contributed by atoms with van der Waals surface area (Å²) in [5, 5.41) is 9.43. The second-order valence-corrected chi connectivity index (χ2v) is 9.64. The molecular weight excluding hydrogens is 434 g/mol.